The first-order valence-corrected chi connectivity index (χ1v) is 7.00. The summed E-state index contributed by atoms with van der Waals surface area (Å²) in [5.41, 5.74) is 2.23. The van der Waals surface area contributed by atoms with Crippen LogP contribution in [0.15, 0.2) is 55.1 Å². The average Bonchev–Trinajstić information content (AvgIpc) is 3.20. The second kappa shape index (κ2) is 6.32. The molecule has 3 rings (SSSR count). The fraction of sp³-hybridized carbons (Fsp3) is 0.267. The van der Waals surface area contributed by atoms with E-state index in [4.69, 9.17) is 0 Å². The van der Waals surface area contributed by atoms with Crippen LogP contribution < -0.4 is 5.32 Å². The summed E-state index contributed by atoms with van der Waals surface area (Å²) in [5.74, 6) is 0. The fourth-order valence-corrected chi connectivity index (χ4v) is 2.15. The normalized spacial score (nSPS) is 12.4. The van der Waals surface area contributed by atoms with Gasteiger partial charge in [0.1, 0.15) is 0 Å². The maximum Gasteiger partial charge on any atom is 0.0692 e. The molecule has 2 heterocycles. The molecule has 1 N–H and O–H groups in total. The Kier molecular flexibility index (Phi) is 4.07. The molecule has 6 heteroatoms. The monoisotopic (exact) mass is 282 g/mol. The minimum absolute atomic E-state index is 0.242. The molecule has 2 aromatic heterocycles. The molecule has 1 unspecified atom stereocenters. The van der Waals surface area contributed by atoms with Crippen LogP contribution in [0.5, 0.6) is 0 Å². The van der Waals surface area contributed by atoms with E-state index in [1.165, 1.54) is 0 Å². The van der Waals surface area contributed by atoms with Crippen molar-refractivity contribution in [3.8, 4) is 5.69 Å². The SMILES string of the molecule is CC(NCCn1ccnn1)c1cnn(-c2ccccc2)c1. The van der Waals surface area contributed by atoms with Crippen molar-refractivity contribution < 1.29 is 0 Å². The Morgan fingerprint density at radius 2 is 2.10 bits per heavy atom. The highest BCUT2D eigenvalue weighted by Gasteiger charge is 2.08. The van der Waals surface area contributed by atoms with E-state index in [1.807, 2.05) is 52.1 Å². The van der Waals surface area contributed by atoms with Gasteiger partial charge in [-0.05, 0) is 19.1 Å². The Balaban J connectivity index is 1.58. The van der Waals surface area contributed by atoms with E-state index in [1.54, 1.807) is 6.20 Å². The highest BCUT2D eigenvalue weighted by atomic mass is 15.4. The van der Waals surface area contributed by atoms with Crippen molar-refractivity contribution in [2.75, 3.05) is 6.54 Å². The van der Waals surface area contributed by atoms with Crippen molar-refractivity contribution >= 4 is 0 Å². The van der Waals surface area contributed by atoms with E-state index in [0.717, 1.165) is 24.3 Å². The van der Waals surface area contributed by atoms with Crippen molar-refractivity contribution in [3.05, 3.63) is 60.7 Å². The Bertz CT molecular complexity index is 659. The smallest absolute Gasteiger partial charge is 0.0692 e. The van der Waals surface area contributed by atoms with E-state index < -0.39 is 0 Å². The van der Waals surface area contributed by atoms with Gasteiger partial charge in [-0.3, -0.25) is 4.68 Å². The first-order valence-electron chi connectivity index (χ1n) is 7.00. The molecule has 21 heavy (non-hydrogen) atoms. The molecule has 0 spiro atoms. The standard InChI is InChI=1S/C15H18N6/c1-13(16-7-9-20-10-8-17-19-20)14-11-18-21(12-14)15-5-3-2-4-6-15/h2-6,8,10-13,16H,7,9H2,1H3. The van der Waals surface area contributed by atoms with E-state index >= 15 is 0 Å². The lowest BCUT2D eigenvalue weighted by atomic mass is 10.2. The van der Waals surface area contributed by atoms with Crippen LogP contribution in [-0.4, -0.2) is 31.3 Å². The molecule has 0 aliphatic rings. The summed E-state index contributed by atoms with van der Waals surface area (Å²) >= 11 is 0. The minimum Gasteiger partial charge on any atom is -0.308 e. The van der Waals surface area contributed by atoms with Crippen LogP contribution in [0.3, 0.4) is 0 Å². The van der Waals surface area contributed by atoms with Gasteiger partial charge in [0, 0.05) is 30.5 Å². The third-order valence-corrected chi connectivity index (χ3v) is 3.39. The zero-order chi connectivity index (χ0) is 14.5. The van der Waals surface area contributed by atoms with Gasteiger partial charge in [0.15, 0.2) is 0 Å². The largest absolute Gasteiger partial charge is 0.308 e. The molecule has 0 saturated heterocycles. The predicted molar refractivity (Wildman–Crippen MR) is 80.0 cm³/mol. The third kappa shape index (κ3) is 3.35. The molecule has 0 saturated carbocycles. The number of hydrogen-bond acceptors (Lipinski definition) is 4. The summed E-state index contributed by atoms with van der Waals surface area (Å²) in [6, 6.07) is 10.3. The molecule has 0 fully saturated rings. The van der Waals surface area contributed by atoms with Crippen LogP contribution in [0.4, 0.5) is 0 Å². The highest BCUT2D eigenvalue weighted by molar-refractivity contribution is 5.31. The lowest BCUT2D eigenvalue weighted by Gasteiger charge is -2.11. The minimum atomic E-state index is 0.242. The molecule has 0 amide bonds. The van der Waals surface area contributed by atoms with Gasteiger partial charge in [-0.15, -0.1) is 5.10 Å². The van der Waals surface area contributed by atoms with Crippen molar-refractivity contribution in [2.24, 2.45) is 0 Å². The summed E-state index contributed by atoms with van der Waals surface area (Å²) in [4.78, 5) is 0. The van der Waals surface area contributed by atoms with E-state index in [0.29, 0.717) is 0 Å². The number of rotatable bonds is 6. The maximum absolute atomic E-state index is 4.41. The molecular weight excluding hydrogens is 264 g/mol. The van der Waals surface area contributed by atoms with Crippen LogP contribution in [0.25, 0.3) is 5.69 Å². The molecule has 0 aliphatic heterocycles. The molecule has 6 nitrogen and oxygen atoms in total. The van der Waals surface area contributed by atoms with Gasteiger partial charge < -0.3 is 5.32 Å². The van der Waals surface area contributed by atoms with Gasteiger partial charge >= 0.3 is 0 Å². The van der Waals surface area contributed by atoms with Crippen molar-refractivity contribution in [3.63, 3.8) is 0 Å². The zero-order valence-electron chi connectivity index (χ0n) is 11.9. The van der Waals surface area contributed by atoms with Crippen molar-refractivity contribution in [1.29, 1.82) is 0 Å². The van der Waals surface area contributed by atoms with Crippen LogP contribution in [0.2, 0.25) is 0 Å². The lowest BCUT2D eigenvalue weighted by molar-refractivity contribution is 0.499. The number of benzene rings is 1. The Morgan fingerprint density at radius 1 is 1.24 bits per heavy atom. The quantitative estimate of drug-likeness (QED) is 0.749. The molecule has 1 aromatic carbocycles. The Morgan fingerprint density at radius 3 is 2.86 bits per heavy atom. The summed E-state index contributed by atoms with van der Waals surface area (Å²) < 4.78 is 3.71. The topological polar surface area (TPSA) is 60.6 Å². The van der Waals surface area contributed by atoms with Crippen LogP contribution in [-0.2, 0) is 6.54 Å². The van der Waals surface area contributed by atoms with Crippen LogP contribution >= 0.6 is 0 Å². The first-order chi connectivity index (χ1) is 10.3. The van der Waals surface area contributed by atoms with E-state index in [9.17, 15) is 0 Å². The van der Waals surface area contributed by atoms with E-state index in [2.05, 4.69) is 33.8 Å². The number of para-hydroxylation sites is 1. The predicted octanol–water partition coefficient (Wildman–Crippen LogP) is 1.81. The number of nitrogens with one attached hydrogen (secondary N) is 1. The first kappa shape index (κ1) is 13.5. The van der Waals surface area contributed by atoms with Gasteiger partial charge in [-0.25, -0.2) is 4.68 Å². The Labute approximate surface area is 123 Å². The average molecular weight is 282 g/mol. The zero-order valence-corrected chi connectivity index (χ0v) is 11.9. The van der Waals surface area contributed by atoms with E-state index in [-0.39, 0.29) is 6.04 Å². The second-order valence-electron chi connectivity index (χ2n) is 4.90. The summed E-state index contributed by atoms with van der Waals surface area (Å²) in [6.45, 7) is 3.77. The fourth-order valence-electron chi connectivity index (χ4n) is 2.15. The molecule has 0 radical (unpaired) electrons. The molecule has 108 valence electrons. The van der Waals surface area contributed by atoms with Gasteiger partial charge in [0.25, 0.3) is 0 Å². The number of aromatic nitrogens is 5. The number of hydrogen-bond donors (Lipinski definition) is 1. The van der Waals surface area contributed by atoms with Gasteiger partial charge in [0.2, 0.25) is 0 Å². The summed E-state index contributed by atoms with van der Waals surface area (Å²) in [5, 5.41) is 15.6. The van der Waals surface area contributed by atoms with Crippen LogP contribution in [0.1, 0.15) is 18.5 Å². The maximum atomic E-state index is 4.41. The molecule has 1 atom stereocenters. The second-order valence-corrected chi connectivity index (χ2v) is 4.90. The highest BCUT2D eigenvalue weighted by Crippen LogP contribution is 2.13. The van der Waals surface area contributed by atoms with Crippen molar-refractivity contribution in [1.82, 2.24) is 30.1 Å². The summed E-state index contributed by atoms with van der Waals surface area (Å²) in [7, 11) is 0. The van der Waals surface area contributed by atoms with Gasteiger partial charge in [0.05, 0.1) is 24.6 Å². The molecular formula is C15H18N6. The molecule has 0 bridgehead atoms. The van der Waals surface area contributed by atoms with Gasteiger partial charge in [-0.1, -0.05) is 23.4 Å². The third-order valence-electron chi connectivity index (χ3n) is 3.39. The molecule has 0 aliphatic carbocycles. The van der Waals surface area contributed by atoms with Gasteiger partial charge in [-0.2, -0.15) is 5.10 Å². The van der Waals surface area contributed by atoms with Crippen LogP contribution in [0, 0.1) is 0 Å². The Hall–Kier alpha value is -2.47. The van der Waals surface area contributed by atoms with Crippen molar-refractivity contribution in [2.45, 2.75) is 19.5 Å². The molecule has 3 aromatic rings. The number of nitrogens with zero attached hydrogens (tertiary/aromatic N) is 5. The summed E-state index contributed by atoms with van der Waals surface area (Å²) in [6.07, 6.45) is 7.51. The lowest BCUT2D eigenvalue weighted by Crippen LogP contribution is -2.23.